The van der Waals surface area contributed by atoms with Gasteiger partial charge in [-0.05, 0) is 32.9 Å². The van der Waals surface area contributed by atoms with Crippen LogP contribution >= 0.6 is 0 Å². The van der Waals surface area contributed by atoms with Gasteiger partial charge in [-0.1, -0.05) is 0 Å². The summed E-state index contributed by atoms with van der Waals surface area (Å²) in [6.45, 7) is 6.16. The predicted octanol–water partition coefficient (Wildman–Crippen LogP) is 2.43. The number of ether oxygens (including phenoxy) is 4. The lowest BCUT2D eigenvalue weighted by atomic mass is 10.1. The summed E-state index contributed by atoms with van der Waals surface area (Å²) in [4.78, 5) is 24.9. The molecular formula is C19H23N3O6. The van der Waals surface area contributed by atoms with Gasteiger partial charge in [0, 0.05) is 12.1 Å². The second kappa shape index (κ2) is 8.20. The molecule has 0 spiro atoms. The maximum Gasteiger partial charge on any atom is 0.339 e. The molecule has 1 N–H and O–H groups in total. The van der Waals surface area contributed by atoms with Gasteiger partial charge in [-0.3, -0.25) is 4.79 Å². The van der Waals surface area contributed by atoms with Crippen LogP contribution in [0.15, 0.2) is 24.4 Å². The van der Waals surface area contributed by atoms with Crippen LogP contribution in [0.4, 0.5) is 5.82 Å². The number of methoxy groups -OCH3 is 1. The van der Waals surface area contributed by atoms with Crippen molar-refractivity contribution >= 4 is 17.7 Å². The minimum absolute atomic E-state index is 0.0772. The molecule has 9 heteroatoms. The number of fused-ring (bicyclic) bond motifs is 1. The van der Waals surface area contributed by atoms with Crippen molar-refractivity contribution < 1.29 is 28.5 Å². The maximum atomic E-state index is 12.5. The van der Waals surface area contributed by atoms with E-state index in [2.05, 4.69) is 10.4 Å². The Labute approximate surface area is 162 Å². The number of hydrogen-bond acceptors (Lipinski definition) is 7. The van der Waals surface area contributed by atoms with Crippen LogP contribution in [0.3, 0.4) is 0 Å². The smallest absolute Gasteiger partial charge is 0.339 e. The van der Waals surface area contributed by atoms with Crippen LogP contribution in [-0.4, -0.2) is 48.1 Å². The number of aromatic nitrogens is 2. The minimum Gasteiger partial charge on any atom is -0.493 e. The molecule has 2 heterocycles. The Hall–Kier alpha value is -3.23. The quantitative estimate of drug-likeness (QED) is 0.757. The first kappa shape index (κ1) is 19.5. The van der Waals surface area contributed by atoms with E-state index < -0.39 is 18.0 Å². The molecule has 0 saturated heterocycles. The zero-order valence-electron chi connectivity index (χ0n) is 16.2. The number of benzene rings is 1. The van der Waals surface area contributed by atoms with Gasteiger partial charge in [-0.15, -0.1) is 0 Å². The molecule has 1 aliphatic rings. The topological polar surface area (TPSA) is 101 Å². The number of amides is 1. The number of rotatable bonds is 6. The number of carbonyl (C=O) groups excluding carboxylic acids is 2. The Morgan fingerprint density at radius 3 is 2.68 bits per heavy atom. The van der Waals surface area contributed by atoms with Crippen LogP contribution in [0.2, 0.25) is 0 Å². The lowest BCUT2D eigenvalue weighted by Crippen LogP contribution is -2.31. The van der Waals surface area contributed by atoms with E-state index in [1.165, 1.54) is 26.2 Å². The van der Waals surface area contributed by atoms with Gasteiger partial charge in [-0.2, -0.15) is 5.10 Å². The molecule has 1 amide bonds. The van der Waals surface area contributed by atoms with Gasteiger partial charge in [-0.25, -0.2) is 9.48 Å². The Morgan fingerprint density at radius 1 is 1.21 bits per heavy atom. The number of carbonyl (C=O) groups is 2. The minimum atomic E-state index is -1.01. The number of nitrogens with one attached hydrogen (secondary N) is 1. The molecule has 3 rings (SSSR count). The maximum absolute atomic E-state index is 12.5. The number of anilines is 1. The van der Waals surface area contributed by atoms with Crippen LogP contribution in [0, 0.1) is 0 Å². The van der Waals surface area contributed by atoms with E-state index in [1.54, 1.807) is 16.9 Å². The zero-order chi connectivity index (χ0) is 20.3. The van der Waals surface area contributed by atoms with Crippen molar-refractivity contribution in [3.8, 4) is 17.2 Å². The number of hydrogen-bond donors (Lipinski definition) is 1. The first-order valence-electron chi connectivity index (χ1n) is 8.93. The molecule has 0 bridgehead atoms. The molecule has 1 aliphatic heterocycles. The normalized spacial score (nSPS) is 13.8. The molecule has 2 aromatic rings. The van der Waals surface area contributed by atoms with Crippen molar-refractivity contribution in [3.05, 3.63) is 30.0 Å². The summed E-state index contributed by atoms with van der Waals surface area (Å²) in [5.41, 5.74) is 0.202. The summed E-state index contributed by atoms with van der Waals surface area (Å²) in [5.74, 6) is 0.607. The molecule has 0 radical (unpaired) electrons. The lowest BCUT2D eigenvalue weighted by Gasteiger charge is -2.21. The molecular weight excluding hydrogens is 366 g/mol. The van der Waals surface area contributed by atoms with E-state index in [-0.39, 0.29) is 11.6 Å². The van der Waals surface area contributed by atoms with Crippen LogP contribution in [0.25, 0.3) is 0 Å². The molecule has 150 valence electrons. The summed E-state index contributed by atoms with van der Waals surface area (Å²) in [7, 11) is 1.47. The van der Waals surface area contributed by atoms with Gasteiger partial charge < -0.3 is 24.3 Å². The van der Waals surface area contributed by atoms with Crippen LogP contribution in [-0.2, 0) is 9.53 Å². The Balaban J connectivity index is 1.70. The third kappa shape index (κ3) is 4.03. The predicted molar refractivity (Wildman–Crippen MR) is 100 cm³/mol. The summed E-state index contributed by atoms with van der Waals surface area (Å²) in [6.07, 6.45) is 0.579. The molecule has 0 aliphatic carbocycles. The molecule has 1 atom stereocenters. The highest BCUT2D eigenvalue weighted by Gasteiger charge is 2.25. The van der Waals surface area contributed by atoms with E-state index >= 15 is 0 Å². The summed E-state index contributed by atoms with van der Waals surface area (Å²) in [6, 6.07) is 4.76. The Morgan fingerprint density at radius 2 is 1.96 bits per heavy atom. The number of nitrogens with zero attached hydrogens (tertiary/aromatic N) is 2. The highest BCUT2D eigenvalue weighted by Crippen LogP contribution is 2.40. The molecule has 28 heavy (non-hydrogen) atoms. The van der Waals surface area contributed by atoms with Crippen LogP contribution < -0.4 is 19.5 Å². The fourth-order valence-corrected chi connectivity index (χ4v) is 2.73. The van der Waals surface area contributed by atoms with Gasteiger partial charge >= 0.3 is 5.97 Å². The Bertz CT molecular complexity index is 859. The van der Waals surface area contributed by atoms with Gasteiger partial charge in [0.1, 0.15) is 19.0 Å². The monoisotopic (exact) mass is 389 g/mol. The zero-order valence-corrected chi connectivity index (χ0v) is 16.2. The molecule has 0 fully saturated rings. The first-order valence-corrected chi connectivity index (χ1v) is 8.93. The molecule has 0 unspecified atom stereocenters. The van der Waals surface area contributed by atoms with E-state index in [4.69, 9.17) is 18.9 Å². The molecule has 9 nitrogen and oxygen atoms in total. The van der Waals surface area contributed by atoms with E-state index in [1.807, 2.05) is 13.8 Å². The van der Waals surface area contributed by atoms with E-state index in [0.717, 1.165) is 0 Å². The van der Waals surface area contributed by atoms with Crippen molar-refractivity contribution in [1.82, 2.24) is 9.78 Å². The third-order valence-electron chi connectivity index (χ3n) is 4.13. The van der Waals surface area contributed by atoms with Crippen molar-refractivity contribution in [2.24, 2.45) is 0 Å². The van der Waals surface area contributed by atoms with E-state index in [9.17, 15) is 9.59 Å². The summed E-state index contributed by atoms with van der Waals surface area (Å²) < 4.78 is 23.3. The highest BCUT2D eigenvalue weighted by atomic mass is 16.6. The van der Waals surface area contributed by atoms with Gasteiger partial charge in [0.2, 0.25) is 5.75 Å². The molecule has 1 aromatic carbocycles. The van der Waals surface area contributed by atoms with Crippen LogP contribution in [0.5, 0.6) is 17.2 Å². The largest absolute Gasteiger partial charge is 0.493 e. The van der Waals surface area contributed by atoms with Gasteiger partial charge in [0.25, 0.3) is 5.91 Å². The number of esters is 1. The SMILES string of the molecule is COc1cc(C(=O)O[C@H](C)C(=O)Nc2ccnn2C(C)C)cc2c1OCCO2. The standard InChI is InChI=1S/C19H23N3O6/c1-11(2)22-16(5-6-20-22)21-18(23)12(3)28-19(24)13-9-14(25-4)17-15(10-13)26-7-8-27-17/h5-6,9-12H,7-8H2,1-4H3,(H,21,23)/t12-/m1/s1. The molecule has 1 aromatic heterocycles. The lowest BCUT2D eigenvalue weighted by molar-refractivity contribution is -0.123. The van der Waals surface area contributed by atoms with Gasteiger partial charge in [0.05, 0.1) is 18.9 Å². The fourth-order valence-electron chi connectivity index (χ4n) is 2.73. The molecule has 0 saturated carbocycles. The second-order valence-electron chi connectivity index (χ2n) is 6.49. The van der Waals surface area contributed by atoms with Crippen molar-refractivity contribution in [3.63, 3.8) is 0 Å². The average molecular weight is 389 g/mol. The van der Waals surface area contributed by atoms with Gasteiger partial charge in [0.15, 0.2) is 17.6 Å². The fraction of sp³-hybridized carbons (Fsp3) is 0.421. The second-order valence-corrected chi connectivity index (χ2v) is 6.49. The van der Waals surface area contributed by atoms with Crippen molar-refractivity contribution in [2.75, 3.05) is 25.6 Å². The summed E-state index contributed by atoms with van der Waals surface area (Å²) >= 11 is 0. The van der Waals surface area contributed by atoms with Crippen LogP contribution in [0.1, 0.15) is 37.2 Å². The first-order chi connectivity index (χ1) is 13.4. The third-order valence-corrected chi connectivity index (χ3v) is 4.13. The van der Waals surface area contributed by atoms with Crippen molar-refractivity contribution in [1.29, 1.82) is 0 Å². The Kier molecular flexibility index (Phi) is 5.72. The average Bonchev–Trinajstić information content (AvgIpc) is 3.15. The van der Waals surface area contributed by atoms with Crippen molar-refractivity contribution in [2.45, 2.75) is 32.9 Å². The highest BCUT2D eigenvalue weighted by molar-refractivity contribution is 5.97. The summed E-state index contributed by atoms with van der Waals surface area (Å²) in [5, 5.41) is 6.87. The van der Waals surface area contributed by atoms with E-state index in [0.29, 0.717) is 36.3 Å².